The monoisotopic (exact) mass is 165 g/mol. The maximum Gasteiger partial charge on any atom is 0.243 e. The molecule has 1 heterocycles. The normalized spacial score (nSPS) is 28.9. The van der Waals surface area contributed by atoms with Gasteiger partial charge in [-0.15, -0.1) is 0 Å². The first kappa shape index (κ1) is 8.87. The summed E-state index contributed by atoms with van der Waals surface area (Å²) in [4.78, 5) is 0. The van der Waals surface area contributed by atoms with Gasteiger partial charge in [0.1, 0.15) is 0 Å². The van der Waals surface area contributed by atoms with E-state index in [1.807, 2.05) is 0 Å². The molecule has 2 atom stereocenters. The number of hydrogen-bond acceptors (Lipinski definition) is 2. The minimum atomic E-state index is -2.28. The summed E-state index contributed by atoms with van der Waals surface area (Å²) in [6.07, 6.45) is -2.59. The molecule has 1 saturated heterocycles. The lowest BCUT2D eigenvalue weighted by atomic mass is 10.1. The molecule has 0 aromatic heterocycles. The molecule has 11 heavy (non-hydrogen) atoms. The van der Waals surface area contributed by atoms with Gasteiger partial charge in [-0.1, -0.05) is 6.92 Å². The highest BCUT2D eigenvalue weighted by Crippen LogP contribution is 2.16. The Kier molecular flexibility index (Phi) is 3.20. The van der Waals surface area contributed by atoms with Gasteiger partial charge in [-0.25, -0.2) is 8.78 Å². The second-order valence-corrected chi connectivity index (χ2v) is 2.81. The Morgan fingerprint density at radius 3 is 2.73 bits per heavy atom. The third-order valence-corrected chi connectivity index (χ3v) is 1.94. The number of morpholine rings is 1. The molecule has 0 spiro atoms. The van der Waals surface area contributed by atoms with Crippen LogP contribution in [0.2, 0.25) is 0 Å². The highest BCUT2D eigenvalue weighted by atomic mass is 19.3. The van der Waals surface area contributed by atoms with Crippen LogP contribution in [0.3, 0.4) is 0 Å². The maximum absolute atomic E-state index is 12.1. The van der Waals surface area contributed by atoms with E-state index in [0.717, 1.165) is 6.54 Å². The zero-order valence-electron chi connectivity index (χ0n) is 6.52. The minimum absolute atomic E-state index is 0.316. The fourth-order valence-corrected chi connectivity index (χ4v) is 1.09. The zero-order valence-corrected chi connectivity index (χ0v) is 6.52. The Balaban J connectivity index is 2.32. The van der Waals surface area contributed by atoms with E-state index in [0.29, 0.717) is 13.2 Å². The van der Waals surface area contributed by atoms with Crippen LogP contribution in [0.1, 0.15) is 6.92 Å². The molecule has 0 aromatic carbocycles. The summed E-state index contributed by atoms with van der Waals surface area (Å²) in [5, 5.41) is 3.01. The summed E-state index contributed by atoms with van der Waals surface area (Å²) in [5.74, 6) is -0.664. The topological polar surface area (TPSA) is 21.3 Å². The van der Waals surface area contributed by atoms with Gasteiger partial charge in [0.25, 0.3) is 0 Å². The van der Waals surface area contributed by atoms with E-state index >= 15 is 0 Å². The lowest BCUT2D eigenvalue weighted by Crippen LogP contribution is -2.43. The first-order valence-electron chi connectivity index (χ1n) is 3.82. The molecular formula is C7H13F2NO. The summed E-state index contributed by atoms with van der Waals surface area (Å²) < 4.78 is 29.4. The minimum Gasteiger partial charge on any atom is -0.375 e. The first-order chi connectivity index (χ1) is 5.22. The quantitative estimate of drug-likeness (QED) is 0.655. The van der Waals surface area contributed by atoms with Crippen molar-refractivity contribution >= 4 is 0 Å². The van der Waals surface area contributed by atoms with E-state index in [1.165, 1.54) is 6.92 Å². The Hall–Kier alpha value is -0.220. The molecule has 66 valence electrons. The van der Waals surface area contributed by atoms with Gasteiger partial charge in [0.05, 0.1) is 12.7 Å². The van der Waals surface area contributed by atoms with Gasteiger partial charge in [-0.3, -0.25) is 0 Å². The Morgan fingerprint density at radius 1 is 1.55 bits per heavy atom. The third-order valence-electron chi connectivity index (χ3n) is 1.94. The van der Waals surface area contributed by atoms with E-state index in [9.17, 15) is 8.78 Å². The van der Waals surface area contributed by atoms with Crippen LogP contribution in [0.4, 0.5) is 8.78 Å². The molecule has 0 bridgehead atoms. The SMILES string of the molecule is CC(C(F)F)C1CNCCO1. The van der Waals surface area contributed by atoms with Gasteiger partial charge in [0, 0.05) is 19.0 Å². The highest BCUT2D eigenvalue weighted by Gasteiger charge is 2.27. The molecule has 0 radical (unpaired) electrons. The second-order valence-electron chi connectivity index (χ2n) is 2.81. The van der Waals surface area contributed by atoms with Crippen molar-refractivity contribution in [1.29, 1.82) is 0 Å². The molecule has 2 nitrogen and oxygen atoms in total. The van der Waals surface area contributed by atoms with E-state index in [1.54, 1.807) is 0 Å². The fraction of sp³-hybridized carbons (Fsp3) is 1.00. The standard InChI is InChI=1S/C7H13F2NO/c1-5(7(8)9)6-4-10-2-3-11-6/h5-7,10H,2-4H2,1H3. The summed E-state index contributed by atoms with van der Waals surface area (Å²) in [6, 6.07) is 0. The molecular weight excluding hydrogens is 152 g/mol. The molecule has 1 rings (SSSR count). The molecule has 1 fully saturated rings. The number of halogens is 2. The van der Waals surface area contributed by atoms with Gasteiger partial charge >= 0.3 is 0 Å². The van der Waals surface area contributed by atoms with E-state index < -0.39 is 12.3 Å². The molecule has 0 aromatic rings. The third kappa shape index (κ3) is 2.38. The molecule has 0 aliphatic carbocycles. The van der Waals surface area contributed by atoms with Crippen LogP contribution in [0, 0.1) is 5.92 Å². The van der Waals surface area contributed by atoms with Crippen LogP contribution in [-0.2, 0) is 4.74 Å². The van der Waals surface area contributed by atoms with Crippen molar-refractivity contribution < 1.29 is 13.5 Å². The van der Waals surface area contributed by atoms with Crippen LogP contribution in [0.25, 0.3) is 0 Å². The fourth-order valence-electron chi connectivity index (χ4n) is 1.09. The van der Waals surface area contributed by atoms with E-state index in [4.69, 9.17) is 4.74 Å². The van der Waals surface area contributed by atoms with Gasteiger partial charge in [0.2, 0.25) is 6.43 Å². The van der Waals surface area contributed by atoms with Gasteiger partial charge in [0.15, 0.2) is 0 Å². The van der Waals surface area contributed by atoms with Crippen molar-refractivity contribution in [3.63, 3.8) is 0 Å². The molecule has 0 amide bonds. The first-order valence-corrected chi connectivity index (χ1v) is 3.82. The summed E-state index contributed by atoms with van der Waals surface area (Å²) in [6.45, 7) is 3.38. The Labute approximate surface area is 64.9 Å². The average Bonchev–Trinajstić information content (AvgIpc) is 2.05. The molecule has 4 heteroatoms. The van der Waals surface area contributed by atoms with Crippen LogP contribution < -0.4 is 5.32 Å². The van der Waals surface area contributed by atoms with Crippen molar-refractivity contribution in [2.45, 2.75) is 19.5 Å². The predicted molar refractivity (Wildman–Crippen MR) is 37.8 cm³/mol. The second kappa shape index (κ2) is 3.97. The van der Waals surface area contributed by atoms with Crippen molar-refractivity contribution in [2.75, 3.05) is 19.7 Å². The van der Waals surface area contributed by atoms with Crippen LogP contribution in [-0.4, -0.2) is 32.2 Å². The number of hydrogen-bond donors (Lipinski definition) is 1. The van der Waals surface area contributed by atoms with Crippen LogP contribution in [0.5, 0.6) is 0 Å². The lowest BCUT2D eigenvalue weighted by Gasteiger charge is -2.28. The van der Waals surface area contributed by atoms with Crippen LogP contribution in [0.15, 0.2) is 0 Å². The van der Waals surface area contributed by atoms with Gasteiger partial charge < -0.3 is 10.1 Å². The Bertz CT molecular complexity index is 115. The van der Waals surface area contributed by atoms with Crippen molar-refractivity contribution in [3.8, 4) is 0 Å². The molecule has 1 aliphatic heterocycles. The molecule has 1 N–H and O–H groups in total. The predicted octanol–water partition coefficient (Wildman–Crippen LogP) is 0.876. The average molecular weight is 165 g/mol. The molecule has 2 unspecified atom stereocenters. The number of ether oxygens (including phenoxy) is 1. The van der Waals surface area contributed by atoms with Crippen LogP contribution >= 0.6 is 0 Å². The maximum atomic E-state index is 12.1. The van der Waals surface area contributed by atoms with Gasteiger partial charge in [-0.05, 0) is 0 Å². The Morgan fingerprint density at radius 2 is 2.27 bits per heavy atom. The number of rotatable bonds is 2. The van der Waals surface area contributed by atoms with E-state index in [-0.39, 0.29) is 6.10 Å². The summed E-state index contributed by atoms with van der Waals surface area (Å²) in [5.41, 5.74) is 0. The smallest absolute Gasteiger partial charge is 0.243 e. The zero-order chi connectivity index (χ0) is 8.27. The van der Waals surface area contributed by atoms with Crippen molar-refractivity contribution in [3.05, 3.63) is 0 Å². The largest absolute Gasteiger partial charge is 0.375 e. The number of nitrogens with one attached hydrogen (secondary N) is 1. The lowest BCUT2D eigenvalue weighted by molar-refractivity contribution is -0.0557. The van der Waals surface area contributed by atoms with Crippen molar-refractivity contribution in [2.24, 2.45) is 5.92 Å². The number of alkyl halides is 2. The summed E-state index contributed by atoms with van der Waals surface area (Å²) >= 11 is 0. The van der Waals surface area contributed by atoms with E-state index in [2.05, 4.69) is 5.32 Å². The summed E-state index contributed by atoms with van der Waals surface area (Å²) in [7, 11) is 0. The van der Waals surface area contributed by atoms with Gasteiger partial charge in [-0.2, -0.15) is 0 Å². The van der Waals surface area contributed by atoms with Crippen molar-refractivity contribution in [1.82, 2.24) is 5.32 Å². The molecule has 0 saturated carbocycles. The molecule has 1 aliphatic rings. The highest BCUT2D eigenvalue weighted by molar-refractivity contribution is 4.74.